The van der Waals surface area contributed by atoms with Crippen molar-refractivity contribution in [3.8, 4) is 5.75 Å². The van der Waals surface area contributed by atoms with Crippen molar-refractivity contribution in [1.29, 1.82) is 0 Å². The minimum atomic E-state index is -4.37. The highest BCUT2D eigenvalue weighted by Crippen LogP contribution is 2.23. The zero-order chi connectivity index (χ0) is 19.2. The highest BCUT2D eigenvalue weighted by molar-refractivity contribution is 5.76. The predicted molar refractivity (Wildman–Crippen MR) is 92.5 cm³/mol. The van der Waals surface area contributed by atoms with Crippen LogP contribution in [0.25, 0.3) is 0 Å². The van der Waals surface area contributed by atoms with Crippen molar-refractivity contribution in [2.75, 3.05) is 13.2 Å². The van der Waals surface area contributed by atoms with Crippen molar-refractivity contribution >= 4 is 5.91 Å². The molecule has 0 aromatic heterocycles. The summed E-state index contributed by atoms with van der Waals surface area (Å²) in [5.74, 6) is -0.304. The topological polar surface area (TPSA) is 55.6 Å². The van der Waals surface area contributed by atoms with Crippen molar-refractivity contribution in [3.05, 3.63) is 65.7 Å². The third-order valence-electron chi connectivity index (χ3n) is 3.90. The van der Waals surface area contributed by atoms with Crippen molar-refractivity contribution < 1.29 is 22.7 Å². The first-order chi connectivity index (χ1) is 12.2. The fraction of sp³-hybridized carbons (Fsp3) is 0.316. The summed E-state index contributed by atoms with van der Waals surface area (Å²) in [6.45, 7) is 1.14. The van der Waals surface area contributed by atoms with Crippen molar-refractivity contribution in [1.82, 2.24) is 4.90 Å². The third kappa shape index (κ3) is 6.40. The van der Waals surface area contributed by atoms with Crippen LogP contribution < -0.4 is 10.5 Å². The molecule has 0 unspecified atom stereocenters. The van der Waals surface area contributed by atoms with Crippen molar-refractivity contribution in [2.24, 2.45) is 5.73 Å². The molecule has 2 aromatic carbocycles. The molecule has 1 atom stereocenters. The van der Waals surface area contributed by atoms with Crippen LogP contribution in [0.1, 0.15) is 24.1 Å². The first-order valence-electron chi connectivity index (χ1n) is 8.10. The Hall–Kier alpha value is -2.54. The first-order valence-corrected chi connectivity index (χ1v) is 8.10. The molecule has 4 nitrogen and oxygen atoms in total. The summed E-state index contributed by atoms with van der Waals surface area (Å²) in [4.78, 5) is 13.3. The molecule has 1 amide bonds. The van der Waals surface area contributed by atoms with E-state index in [0.717, 1.165) is 11.1 Å². The van der Waals surface area contributed by atoms with E-state index in [1.807, 2.05) is 42.2 Å². The van der Waals surface area contributed by atoms with Gasteiger partial charge in [-0.2, -0.15) is 13.2 Å². The number of carbonyl (C=O) groups is 1. The van der Waals surface area contributed by atoms with Gasteiger partial charge in [-0.25, -0.2) is 0 Å². The van der Waals surface area contributed by atoms with Crippen LogP contribution in [0.4, 0.5) is 13.2 Å². The average Bonchev–Trinajstić information content (AvgIpc) is 2.59. The first kappa shape index (κ1) is 19.8. The van der Waals surface area contributed by atoms with E-state index >= 15 is 0 Å². The minimum Gasteiger partial charge on any atom is -0.484 e. The van der Waals surface area contributed by atoms with E-state index in [2.05, 4.69) is 0 Å². The van der Waals surface area contributed by atoms with Crippen LogP contribution >= 0.6 is 0 Å². The summed E-state index contributed by atoms with van der Waals surface area (Å²) in [7, 11) is 0. The highest BCUT2D eigenvalue weighted by atomic mass is 19.4. The number of carbonyl (C=O) groups excluding carboxylic acids is 1. The van der Waals surface area contributed by atoms with Gasteiger partial charge in [0.1, 0.15) is 5.75 Å². The van der Waals surface area contributed by atoms with E-state index in [9.17, 15) is 18.0 Å². The smallest absolute Gasteiger partial charge is 0.422 e. The fourth-order valence-electron chi connectivity index (χ4n) is 2.56. The number of nitrogens with two attached hydrogens (primary N) is 1. The molecule has 0 aliphatic rings. The fourth-order valence-corrected chi connectivity index (χ4v) is 2.56. The molecule has 0 radical (unpaired) electrons. The number of hydrogen-bond donors (Lipinski definition) is 1. The molecule has 0 aliphatic heterocycles. The second kappa shape index (κ2) is 8.71. The van der Waals surface area contributed by atoms with Gasteiger partial charge in [0, 0.05) is 12.6 Å². The van der Waals surface area contributed by atoms with Gasteiger partial charge < -0.3 is 10.5 Å². The third-order valence-corrected chi connectivity index (χ3v) is 3.90. The van der Waals surface area contributed by atoms with Crippen LogP contribution in [-0.2, 0) is 11.3 Å². The van der Waals surface area contributed by atoms with Gasteiger partial charge in [-0.05, 0) is 30.2 Å². The average molecular weight is 366 g/mol. The van der Waals surface area contributed by atoms with Gasteiger partial charge in [0.2, 0.25) is 5.91 Å². The molecule has 0 heterocycles. The Kier molecular flexibility index (Phi) is 6.63. The lowest BCUT2D eigenvalue weighted by atomic mass is 10.1. The summed E-state index contributed by atoms with van der Waals surface area (Å²) in [5.41, 5.74) is 7.24. The molecule has 7 heteroatoms. The Bertz CT molecular complexity index is 703. The van der Waals surface area contributed by atoms with E-state index < -0.39 is 18.7 Å². The lowest BCUT2D eigenvalue weighted by Gasteiger charge is -2.28. The maximum Gasteiger partial charge on any atom is 0.422 e. The molecule has 0 bridgehead atoms. The van der Waals surface area contributed by atoms with Crippen LogP contribution in [0.2, 0.25) is 0 Å². The monoisotopic (exact) mass is 366 g/mol. The summed E-state index contributed by atoms with van der Waals surface area (Å²) in [6, 6.07) is 15.9. The molecular weight excluding hydrogens is 345 g/mol. The molecule has 0 aliphatic carbocycles. The van der Waals surface area contributed by atoms with Crippen LogP contribution in [0.3, 0.4) is 0 Å². The Morgan fingerprint density at radius 2 is 1.73 bits per heavy atom. The molecule has 140 valence electrons. The number of rotatable bonds is 8. The maximum atomic E-state index is 12.2. The van der Waals surface area contributed by atoms with Crippen LogP contribution in [0, 0.1) is 0 Å². The number of nitrogens with zero attached hydrogens (tertiary/aromatic N) is 1. The number of hydrogen-bond acceptors (Lipinski definition) is 3. The van der Waals surface area contributed by atoms with Gasteiger partial charge in [0.25, 0.3) is 0 Å². The second-order valence-corrected chi connectivity index (χ2v) is 6.01. The molecular formula is C19H21F3N2O2. The molecule has 0 saturated heterocycles. The van der Waals surface area contributed by atoms with Gasteiger partial charge in [0.15, 0.2) is 6.61 Å². The Labute approximate surface area is 150 Å². The summed E-state index contributed by atoms with van der Waals surface area (Å²) < 4.78 is 41.3. The number of amides is 1. The Balaban J connectivity index is 2.07. The molecule has 0 fully saturated rings. The van der Waals surface area contributed by atoms with Gasteiger partial charge in [-0.3, -0.25) is 9.69 Å². The van der Waals surface area contributed by atoms with Gasteiger partial charge in [-0.15, -0.1) is 0 Å². The summed E-state index contributed by atoms with van der Waals surface area (Å²) >= 11 is 0. The maximum absolute atomic E-state index is 12.2. The van der Waals surface area contributed by atoms with Crippen molar-refractivity contribution in [2.45, 2.75) is 25.7 Å². The quantitative estimate of drug-likeness (QED) is 0.775. The molecule has 0 saturated carbocycles. The molecule has 2 rings (SSSR count). The predicted octanol–water partition coefficient (Wildman–Crippen LogP) is 3.68. The van der Waals surface area contributed by atoms with E-state index in [1.54, 1.807) is 12.1 Å². The number of primary amides is 1. The lowest BCUT2D eigenvalue weighted by Crippen LogP contribution is -2.35. The van der Waals surface area contributed by atoms with Crippen LogP contribution in [0.15, 0.2) is 54.6 Å². The Morgan fingerprint density at radius 3 is 2.27 bits per heavy atom. The number of benzene rings is 2. The Morgan fingerprint density at radius 1 is 1.12 bits per heavy atom. The number of ether oxygens (including phenoxy) is 1. The SMILES string of the molecule is C[C@H](c1ccccc1)N(CC(N)=O)Cc1ccc(OCC(F)(F)F)cc1. The highest BCUT2D eigenvalue weighted by Gasteiger charge is 2.28. The van der Waals surface area contributed by atoms with Crippen LogP contribution in [-0.4, -0.2) is 30.1 Å². The summed E-state index contributed by atoms with van der Waals surface area (Å²) in [5, 5.41) is 0. The largest absolute Gasteiger partial charge is 0.484 e. The summed E-state index contributed by atoms with van der Waals surface area (Å²) in [6.07, 6.45) is -4.37. The minimum absolute atomic E-state index is 0.0511. The number of halogens is 3. The number of alkyl halides is 3. The van der Waals surface area contributed by atoms with Gasteiger partial charge in [-0.1, -0.05) is 42.5 Å². The van der Waals surface area contributed by atoms with Crippen LogP contribution in [0.5, 0.6) is 5.75 Å². The lowest BCUT2D eigenvalue weighted by molar-refractivity contribution is -0.153. The second-order valence-electron chi connectivity index (χ2n) is 6.01. The van der Waals surface area contributed by atoms with E-state index in [-0.39, 0.29) is 18.3 Å². The zero-order valence-corrected chi connectivity index (χ0v) is 14.4. The van der Waals surface area contributed by atoms with Crippen molar-refractivity contribution in [3.63, 3.8) is 0 Å². The van der Waals surface area contributed by atoms with E-state index in [4.69, 9.17) is 10.5 Å². The normalized spacial score (nSPS) is 12.8. The molecule has 0 spiro atoms. The molecule has 26 heavy (non-hydrogen) atoms. The molecule has 2 aromatic rings. The van der Waals surface area contributed by atoms with Gasteiger partial charge >= 0.3 is 6.18 Å². The standard InChI is InChI=1S/C19H21F3N2O2/c1-14(16-5-3-2-4-6-16)24(12-18(23)25)11-15-7-9-17(10-8-15)26-13-19(20,21)22/h2-10,14H,11-13H2,1H3,(H2,23,25)/t14-/m1/s1. The van der Waals surface area contributed by atoms with E-state index in [0.29, 0.717) is 6.54 Å². The van der Waals surface area contributed by atoms with Gasteiger partial charge in [0.05, 0.1) is 6.54 Å². The zero-order valence-electron chi connectivity index (χ0n) is 14.4. The van der Waals surface area contributed by atoms with E-state index in [1.165, 1.54) is 12.1 Å². The molecule has 2 N–H and O–H groups in total.